The number of nitrogens with zero attached hydrogens (tertiary/aromatic N) is 1. The molecule has 0 bridgehead atoms. The van der Waals surface area contributed by atoms with Gasteiger partial charge in [-0.3, -0.25) is 0 Å². The van der Waals surface area contributed by atoms with E-state index >= 15 is 0 Å². The number of ether oxygens (including phenoxy) is 1. The zero-order valence-corrected chi connectivity index (χ0v) is 13.8. The van der Waals surface area contributed by atoms with Crippen molar-refractivity contribution in [2.24, 2.45) is 0 Å². The molecule has 0 aliphatic heterocycles. The van der Waals surface area contributed by atoms with Crippen LogP contribution in [0.4, 0.5) is 4.79 Å². The van der Waals surface area contributed by atoms with Crippen LogP contribution >= 0.6 is 0 Å². The molecule has 0 radical (unpaired) electrons. The average molecular weight is 312 g/mol. The molecule has 0 unspecified atom stereocenters. The van der Waals surface area contributed by atoms with Gasteiger partial charge in [-0.25, -0.2) is 4.79 Å². The molecule has 0 spiro atoms. The van der Waals surface area contributed by atoms with E-state index in [2.05, 4.69) is 12.2 Å². The van der Waals surface area contributed by atoms with Gasteiger partial charge in [0.2, 0.25) is 0 Å². The molecule has 0 saturated carbocycles. The summed E-state index contributed by atoms with van der Waals surface area (Å²) in [5, 5.41) is 2.93. The van der Waals surface area contributed by atoms with Crippen LogP contribution in [-0.2, 0) is 13.1 Å². The van der Waals surface area contributed by atoms with Gasteiger partial charge >= 0.3 is 6.03 Å². The van der Waals surface area contributed by atoms with E-state index in [0.29, 0.717) is 19.7 Å². The van der Waals surface area contributed by atoms with Gasteiger partial charge in [0.1, 0.15) is 5.75 Å². The summed E-state index contributed by atoms with van der Waals surface area (Å²) in [6.45, 7) is 3.86. The molecule has 0 heterocycles. The standard InChI is InChI=1S/C19H24N2O2/c1-3-12-23-18-11-7-10-17(13-18)14-20-19(22)21(2)15-16-8-5-4-6-9-16/h4-11,13H,3,12,14-15H2,1-2H3,(H,20,22). The topological polar surface area (TPSA) is 41.6 Å². The monoisotopic (exact) mass is 312 g/mol. The number of benzene rings is 2. The van der Waals surface area contributed by atoms with Crippen molar-refractivity contribution in [1.82, 2.24) is 10.2 Å². The number of carbonyl (C=O) groups is 1. The minimum atomic E-state index is -0.0891. The Labute approximate surface area is 138 Å². The third-order valence-corrected chi connectivity index (χ3v) is 3.42. The van der Waals surface area contributed by atoms with Gasteiger partial charge in [-0.2, -0.15) is 0 Å². The lowest BCUT2D eigenvalue weighted by Gasteiger charge is -2.18. The highest BCUT2D eigenvalue weighted by atomic mass is 16.5. The maximum Gasteiger partial charge on any atom is 0.317 e. The zero-order chi connectivity index (χ0) is 16.5. The molecule has 1 N–H and O–H groups in total. The molecule has 0 aliphatic rings. The number of carbonyl (C=O) groups excluding carboxylic acids is 1. The first-order valence-corrected chi connectivity index (χ1v) is 7.93. The molecule has 0 aromatic heterocycles. The van der Waals surface area contributed by atoms with E-state index in [9.17, 15) is 4.79 Å². The second-order valence-corrected chi connectivity index (χ2v) is 5.50. The van der Waals surface area contributed by atoms with E-state index in [-0.39, 0.29) is 6.03 Å². The molecule has 4 heteroatoms. The van der Waals surface area contributed by atoms with E-state index in [1.165, 1.54) is 0 Å². The van der Waals surface area contributed by atoms with Gasteiger partial charge in [0.15, 0.2) is 0 Å². The van der Waals surface area contributed by atoms with Gasteiger partial charge in [0.25, 0.3) is 0 Å². The van der Waals surface area contributed by atoms with Gasteiger partial charge in [-0.1, -0.05) is 49.4 Å². The average Bonchev–Trinajstić information content (AvgIpc) is 2.59. The second-order valence-electron chi connectivity index (χ2n) is 5.50. The number of nitrogens with one attached hydrogen (secondary N) is 1. The van der Waals surface area contributed by atoms with E-state index in [1.807, 2.05) is 54.6 Å². The summed E-state index contributed by atoms with van der Waals surface area (Å²) in [6, 6.07) is 17.7. The molecule has 0 fully saturated rings. The molecular weight excluding hydrogens is 288 g/mol. The fourth-order valence-electron chi connectivity index (χ4n) is 2.21. The predicted octanol–water partition coefficient (Wildman–Crippen LogP) is 3.82. The molecule has 23 heavy (non-hydrogen) atoms. The first kappa shape index (κ1) is 16.9. The lowest BCUT2D eigenvalue weighted by atomic mass is 10.2. The summed E-state index contributed by atoms with van der Waals surface area (Å²) >= 11 is 0. The number of hydrogen-bond donors (Lipinski definition) is 1. The van der Waals surface area contributed by atoms with Crippen LogP contribution in [0.2, 0.25) is 0 Å². The van der Waals surface area contributed by atoms with Crippen molar-refractivity contribution in [3.05, 3.63) is 65.7 Å². The Bertz CT molecular complexity index is 614. The van der Waals surface area contributed by atoms with E-state index in [1.54, 1.807) is 11.9 Å². The van der Waals surface area contributed by atoms with Gasteiger partial charge in [0, 0.05) is 20.1 Å². The fraction of sp³-hybridized carbons (Fsp3) is 0.316. The Morgan fingerprint density at radius 1 is 1.09 bits per heavy atom. The minimum Gasteiger partial charge on any atom is -0.494 e. The van der Waals surface area contributed by atoms with Gasteiger partial charge in [0.05, 0.1) is 6.61 Å². The molecule has 122 valence electrons. The summed E-state index contributed by atoms with van der Waals surface area (Å²) in [4.78, 5) is 13.8. The second kappa shape index (κ2) is 8.83. The maximum atomic E-state index is 12.2. The van der Waals surface area contributed by atoms with Crippen LogP contribution in [0.3, 0.4) is 0 Å². The highest BCUT2D eigenvalue weighted by Gasteiger charge is 2.08. The molecule has 2 aromatic rings. The Morgan fingerprint density at radius 2 is 1.83 bits per heavy atom. The van der Waals surface area contributed by atoms with Crippen molar-refractivity contribution < 1.29 is 9.53 Å². The molecule has 0 saturated heterocycles. The van der Waals surface area contributed by atoms with Crippen molar-refractivity contribution >= 4 is 6.03 Å². The third-order valence-electron chi connectivity index (χ3n) is 3.42. The van der Waals surface area contributed by atoms with Crippen LogP contribution in [0.1, 0.15) is 24.5 Å². The number of amides is 2. The zero-order valence-electron chi connectivity index (χ0n) is 13.8. The fourth-order valence-corrected chi connectivity index (χ4v) is 2.21. The lowest BCUT2D eigenvalue weighted by Crippen LogP contribution is -2.36. The van der Waals surface area contributed by atoms with Crippen molar-refractivity contribution in [3.63, 3.8) is 0 Å². The Hall–Kier alpha value is -2.49. The summed E-state index contributed by atoms with van der Waals surface area (Å²) in [6.07, 6.45) is 0.977. The SMILES string of the molecule is CCCOc1cccc(CNC(=O)N(C)Cc2ccccc2)c1. The van der Waals surface area contributed by atoms with E-state index < -0.39 is 0 Å². The Kier molecular flexibility index (Phi) is 6.48. The molecule has 2 rings (SSSR count). The minimum absolute atomic E-state index is 0.0891. The highest BCUT2D eigenvalue weighted by molar-refractivity contribution is 5.73. The molecular formula is C19H24N2O2. The Morgan fingerprint density at radius 3 is 2.57 bits per heavy atom. The molecule has 2 amide bonds. The summed E-state index contributed by atoms with van der Waals surface area (Å²) in [7, 11) is 1.79. The first-order valence-electron chi connectivity index (χ1n) is 7.93. The van der Waals surface area contributed by atoms with Crippen molar-refractivity contribution in [1.29, 1.82) is 0 Å². The number of rotatable bonds is 7. The quantitative estimate of drug-likeness (QED) is 0.844. The van der Waals surface area contributed by atoms with Gasteiger partial charge < -0.3 is 15.0 Å². The van der Waals surface area contributed by atoms with Crippen LogP contribution in [0.15, 0.2) is 54.6 Å². The van der Waals surface area contributed by atoms with E-state index in [4.69, 9.17) is 4.74 Å². The predicted molar refractivity (Wildman–Crippen MR) is 92.4 cm³/mol. The molecule has 0 aliphatic carbocycles. The molecule has 2 aromatic carbocycles. The van der Waals surface area contributed by atoms with Gasteiger partial charge in [-0.15, -0.1) is 0 Å². The normalized spacial score (nSPS) is 10.2. The van der Waals surface area contributed by atoms with Crippen molar-refractivity contribution in [2.45, 2.75) is 26.4 Å². The number of urea groups is 1. The summed E-state index contributed by atoms with van der Waals surface area (Å²) in [5.74, 6) is 0.844. The summed E-state index contributed by atoms with van der Waals surface area (Å²) < 4.78 is 5.61. The number of hydrogen-bond acceptors (Lipinski definition) is 2. The lowest BCUT2D eigenvalue weighted by molar-refractivity contribution is 0.206. The van der Waals surface area contributed by atoms with Crippen LogP contribution in [0, 0.1) is 0 Å². The van der Waals surface area contributed by atoms with Crippen molar-refractivity contribution in [3.8, 4) is 5.75 Å². The first-order chi connectivity index (χ1) is 11.2. The Balaban J connectivity index is 1.83. The van der Waals surface area contributed by atoms with Gasteiger partial charge in [-0.05, 0) is 29.7 Å². The van der Waals surface area contributed by atoms with Crippen LogP contribution < -0.4 is 10.1 Å². The molecule has 0 atom stereocenters. The molecule has 4 nitrogen and oxygen atoms in total. The van der Waals surface area contributed by atoms with Crippen molar-refractivity contribution in [2.75, 3.05) is 13.7 Å². The van der Waals surface area contributed by atoms with Crippen LogP contribution in [0.5, 0.6) is 5.75 Å². The maximum absolute atomic E-state index is 12.2. The largest absolute Gasteiger partial charge is 0.494 e. The highest BCUT2D eigenvalue weighted by Crippen LogP contribution is 2.13. The van der Waals surface area contributed by atoms with Crippen LogP contribution in [0.25, 0.3) is 0 Å². The van der Waals surface area contributed by atoms with E-state index in [0.717, 1.165) is 23.3 Å². The summed E-state index contributed by atoms with van der Waals surface area (Å²) in [5.41, 5.74) is 2.14. The third kappa shape index (κ3) is 5.66. The smallest absolute Gasteiger partial charge is 0.317 e. The van der Waals surface area contributed by atoms with Crippen LogP contribution in [-0.4, -0.2) is 24.6 Å².